The fourth-order valence-electron chi connectivity index (χ4n) is 1.16. The molecule has 3 N–H and O–H groups in total. The number of rotatable bonds is 1. The van der Waals surface area contributed by atoms with E-state index in [0.29, 0.717) is 5.69 Å². The molecule has 0 saturated heterocycles. The number of anilines is 1. The molecule has 0 aromatic heterocycles. The Morgan fingerprint density at radius 3 is 2.21 bits per heavy atom. The summed E-state index contributed by atoms with van der Waals surface area (Å²) in [5, 5.41) is 8.73. The quantitative estimate of drug-likeness (QED) is 0.677. The monoisotopic (exact) mass is 195 g/mol. The number of carboxylic acid groups (broad SMARTS) is 1. The maximum atomic E-state index is 10.6. The zero-order chi connectivity index (χ0) is 11.3. The normalized spacial score (nSPS) is 8.86. The largest absolute Gasteiger partial charge is 0.478 e. The summed E-state index contributed by atoms with van der Waals surface area (Å²) in [7, 11) is 0. The van der Waals surface area contributed by atoms with Crippen molar-refractivity contribution >= 4 is 11.7 Å². The summed E-state index contributed by atoms with van der Waals surface area (Å²) >= 11 is 0. The number of hydrogen-bond acceptors (Lipinski definition) is 2. The van der Waals surface area contributed by atoms with Crippen molar-refractivity contribution in [1.82, 2.24) is 0 Å². The summed E-state index contributed by atoms with van der Waals surface area (Å²) in [6.45, 7) is 7.65. The van der Waals surface area contributed by atoms with Crippen LogP contribution in [0.4, 0.5) is 5.69 Å². The van der Waals surface area contributed by atoms with Crippen LogP contribution in [-0.2, 0) is 0 Å². The van der Waals surface area contributed by atoms with Crippen molar-refractivity contribution in [2.24, 2.45) is 0 Å². The average molecular weight is 195 g/mol. The average Bonchev–Trinajstić information content (AvgIpc) is 2.14. The van der Waals surface area contributed by atoms with E-state index in [2.05, 4.69) is 0 Å². The Hall–Kier alpha value is -1.51. The summed E-state index contributed by atoms with van der Waals surface area (Å²) in [4.78, 5) is 10.6. The topological polar surface area (TPSA) is 63.3 Å². The van der Waals surface area contributed by atoms with E-state index < -0.39 is 5.97 Å². The molecule has 0 fully saturated rings. The van der Waals surface area contributed by atoms with E-state index in [1.165, 1.54) is 0 Å². The summed E-state index contributed by atoms with van der Waals surface area (Å²) in [6.07, 6.45) is 0. The van der Waals surface area contributed by atoms with E-state index in [1.54, 1.807) is 13.0 Å². The Labute approximate surface area is 84.6 Å². The van der Waals surface area contributed by atoms with Crippen LogP contribution in [0.3, 0.4) is 0 Å². The fourth-order valence-corrected chi connectivity index (χ4v) is 1.16. The lowest BCUT2D eigenvalue weighted by Crippen LogP contribution is -2.04. The van der Waals surface area contributed by atoms with E-state index in [-0.39, 0.29) is 5.56 Å². The summed E-state index contributed by atoms with van der Waals surface area (Å²) < 4.78 is 0. The zero-order valence-electron chi connectivity index (χ0n) is 9.09. The molecule has 0 bridgehead atoms. The number of nitrogens with two attached hydrogens (primary N) is 1. The molecular formula is C11H17NO2. The van der Waals surface area contributed by atoms with Crippen LogP contribution in [0.5, 0.6) is 0 Å². The third-order valence-electron chi connectivity index (χ3n) is 1.76. The van der Waals surface area contributed by atoms with Crippen molar-refractivity contribution in [3.63, 3.8) is 0 Å². The smallest absolute Gasteiger partial charge is 0.337 e. The van der Waals surface area contributed by atoms with Crippen LogP contribution in [-0.4, -0.2) is 11.1 Å². The molecule has 1 rings (SSSR count). The Balaban J connectivity index is 0.000000791. The molecule has 0 spiro atoms. The highest BCUT2D eigenvalue weighted by Crippen LogP contribution is 2.18. The Morgan fingerprint density at radius 2 is 1.79 bits per heavy atom. The van der Waals surface area contributed by atoms with Crippen molar-refractivity contribution < 1.29 is 9.90 Å². The molecule has 1 aromatic carbocycles. The summed E-state index contributed by atoms with van der Waals surface area (Å²) in [5.74, 6) is -0.973. The van der Waals surface area contributed by atoms with Crippen LogP contribution in [0, 0.1) is 13.8 Å². The minimum atomic E-state index is -0.973. The molecule has 3 nitrogen and oxygen atoms in total. The number of hydrogen-bond donors (Lipinski definition) is 2. The maximum Gasteiger partial charge on any atom is 0.337 e. The fraction of sp³-hybridized carbons (Fsp3) is 0.364. The number of benzene rings is 1. The lowest BCUT2D eigenvalue weighted by atomic mass is 10.0. The second kappa shape index (κ2) is 5.27. The first-order valence-electron chi connectivity index (χ1n) is 4.62. The molecule has 0 unspecified atom stereocenters. The molecular weight excluding hydrogens is 178 g/mol. The van der Waals surface area contributed by atoms with Crippen molar-refractivity contribution in [2.75, 3.05) is 5.73 Å². The van der Waals surface area contributed by atoms with Gasteiger partial charge in [-0.15, -0.1) is 0 Å². The van der Waals surface area contributed by atoms with Gasteiger partial charge in [0.2, 0.25) is 0 Å². The lowest BCUT2D eigenvalue weighted by Gasteiger charge is -2.05. The van der Waals surface area contributed by atoms with E-state index in [9.17, 15) is 4.79 Å². The van der Waals surface area contributed by atoms with Gasteiger partial charge in [-0.25, -0.2) is 4.79 Å². The highest BCUT2D eigenvalue weighted by atomic mass is 16.4. The van der Waals surface area contributed by atoms with Gasteiger partial charge < -0.3 is 10.8 Å². The van der Waals surface area contributed by atoms with Crippen molar-refractivity contribution in [1.29, 1.82) is 0 Å². The van der Waals surface area contributed by atoms with Crippen LogP contribution in [0.2, 0.25) is 0 Å². The highest BCUT2D eigenvalue weighted by molar-refractivity contribution is 5.94. The standard InChI is InChI=1S/C9H11NO2.C2H6/c1-5-3-6(2)8(10)7(4-5)9(11)12;1-2/h3-4H,10H2,1-2H3,(H,11,12);1-2H3. The van der Waals surface area contributed by atoms with Gasteiger partial charge in [0.05, 0.1) is 5.56 Å². The van der Waals surface area contributed by atoms with E-state index in [0.717, 1.165) is 11.1 Å². The lowest BCUT2D eigenvalue weighted by molar-refractivity contribution is 0.0698. The van der Waals surface area contributed by atoms with Gasteiger partial charge in [0.15, 0.2) is 0 Å². The predicted molar refractivity (Wildman–Crippen MR) is 58.6 cm³/mol. The minimum absolute atomic E-state index is 0.188. The third kappa shape index (κ3) is 2.76. The van der Waals surface area contributed by atoms with E-state index >= 15 is 0 Å². The number of aryl methyl sites for hydroxylation is 2. The van der Waals surface area contributed by atoms with Crippen LogP contribution >= 0.6 is 0 Å². The van der Waals surface area contributed by atoms with Gasteiger partial charge >= 0.3 is 5.97 Å². The molecule has 0 aliphatic carbocycles. The van der Waals surface area contributed by atoms with E-state index in [4.69, 9.17) is 10.8 Å². The Bertz CT molecular complexity index is 332. The molecule has 0 heterocycles. The van der Waals surface area contributed by atoms with Crippen molar-refractivity contribution in [3.05, 3.63) is 28.8 Å². The van der Waals surface area contributed by atoms with Crippen molar-refractivity contribution in [2.45, 2.75) is 27.7 Å². The van der Waals surface area contributed by atoms with Crippen molar-refractivity contribution in [3.8, 4) is 0 Å². The maximum absolute atomic E-state index is 10.6. The van der Waals surface area contributed by atoms with Gasteiger partial charge in [0.1, 0.15) is 0 Å². The first-order chi connectivity index (χ1) is 6.52. The molecule has 0 radical (unpaired) electrons. The van der Waals surface area contributed by atoms with E-state index in [1.807, 2.05) is 26.8 Å². The molecule has 1 aromatic rings. The number of aromatic carboxylic acids is 1. The second-order valence-corrected chi connectivity index (χ2v) is 2.85. The number of nitrogen functional groups attached to an aromatic ring is 1. The summed E-state index contributed by atoms with van der Waals surface area (Å²) in [5.41, 5.74) is 7.84. The van der Waals surface area contributed by atoms with Crippen LogP contribution < -0.4 is 5.73 Å². The molecule has 3 heteroatoms. The first-order valence-corrected chi connectivity index (χ1v) is 4.62. The van der Waals surface area contributed by atoms with Crippen LogP contribution in [0.1, 0.15) is 35.3 Å². The summed E-state index contributed by atoms with van der Waals surface area (Å²) in [6, 6.07) is 3.44. The minimum Gasteiger partial charge on any atom is -0.478 e. The highest BCUT2D eigenvalue weighted by Gasteiger charge is 2.09. The van der Waals surface area contributed by atoms with Crippen LogP contribution in [0.25, 0.3) is 0 Å². The molecule has 0 saturated carbocycles. The predicted octanol–water partition coefficient (Wildman–Crippen LogP) is 2.61. The SMILES string of the molecule is CC.Cc1cc(C)c(N)c(C(=O)O)c1. The number of carbonyl (C=O) groups is 1. The van der Waals surface area contributed by atoms with Gasteiger partial charge in [-0.1, -0.05) is 19.9 Å². The molecule has 0 aliphatic heterocycles. The molecule has 0 amide bonds. The first kappa shape index (κ1) is 12.5. The zero-order valence-corrected chi connectivity index (χ0v) is 9.09. The second-order valence-electron chi connectivity index (χ2n) is 2.85. The molecule has 78 valence electrons. The van der Waals surface area contributed by atoms with Crippen LogP contribution in [0.15, 0.2) is 12.1 Å². The molecule has 14 heavy (non-hydrogen) atoms. The van der Waals surface area contributed by atoms with Gasteiger partial charge in [0, 0.05) is 5.69 Å². The van der Waals surface area contributed by atoms with Gasteiger partial charge in [-0.3, -0.25) is 0 Å². The van der Waals surface area contributed by atoms with Gasteiger partial charge in [-0.05, 0) is 31.0 Å². The Morgan fingerprint density at radius 1 is 1.29 bits per heavy atom. The van der Waals surface area contributed by atoms with Gasteiger partial charge in [-0.2, -0.15) is 0 Å². The van der Waals surface area contributed by atoms with Gasteiger partial charge in [0.25, 0.3) is 0 Å². The number of carboxylic acids is 1. The molecule has 0 atom stereocenters. The third-order valence-corrected chi connectivity index (χ3v) is 1.76. The molecule has 0 aliphatic rings. The Kier molecular flexibility index (Phi) is 4.70.